The normalized spacial score (nSPS) is 22.4. The summed E-state index contributed by atoms with van der Waals surface area (Å²) < 4.78 is 32.7. The minimum Gasteiger partial charge on any atom is -0.338 e. The van der Waals surface area contributed by atoms with Gasteiger partial charge < -0.3 is 14.4 Å². The Morgan fingerprint density at radius 3 is 3.00 bits per heavy atom. The second kappa shape index (κ2) is 5.04. The summed E-state index contributed by atoms with van der Waals surface area (Å²) in [6.07, 6.45) is 3.81. The third kappa shape index (κ3) is 2.78. The van der Waals surface area contributed by atoms with Crippen LogP contribution in [0.5, 0.6) is 0 Å². The highest BCUT2D eigenvalue weighted by molar-refractivity contribution is 5.88. The fourth-order valence-corrected chi connectivity index (χ4v) is 3.06. The van der Waals surface area contributed by atoms with Gasteiger partial charge in [-0.05, 0) is 0 Å². The van der Waals surface area contributed by atoms with E-state index < -0.39 is 12.0 Å². The first-order valence-electron chi connectivity index (χ1n) is 7.40. The van der Waals surface area contributed by atoms with E-state index in [1.165, 1.54) is 6.07 Å². The molecule has 4 rings (SSSR count). The lowest BCUT2D eigenvalue weighted by Gasteiger charge is -2.33. The first-order chi connectivity index (χ1) is 11.0. The van der Waals surface area contributed by atoms with Crippen LogP contribution in [0.2, 0.25) is 0 Å². The van der Waals surface area contributed by atoms with Crippen molar-refractivity contribution in [2.45, 2.75) is 43.7 Å². The van der Waals surface area contributed by atoms with Crippen LogP contribution in [-0.2, 0) is 13.0 Å². The second-order valence-corrected chi connectivity index (χ2v) is 6.07. The Kier molecular flexibility index (Phi) is 3.10. The Morgan fingerprint density at radius 1 is 1.43 bits per heavy atom. The highest BCUT2D eigenvalue weighted by atomic mass is 19.3. The second-order valence-electron chi connectivity index (χ2n) is 6.07. The Hall–Kier alpha value is -2.45. The molecule has 1 aliphatic carbocycles. The molecule has 9 heteroatoms. The molecule has 122 valence electrons. The molecule has 3 heterocycles. The first kappa shape index (κ1) is 14.2. The summed E-state index contributed by atoms with van der Waals surface area (Å²) in [7, 11) is 0. The zero-order chi connectivity index (χ0) is 16.0. The number of aromatic nitrogens is 3. The van der Waals surface area contributed by atoms with Crippen LogP contribution in [0.4, 0.5) is 19.5 Å². The molecular weight excluding hydrogens is 308 g/mol. The molecule has 1 unspecified atom stereocenters. The van der Waals surface area contributed by atoms with Crippen molar-refractivity contribution in [1.82, 2.24) is 20.0 Å². The number of alkyl halides is 2. The van der Waals surface area contributed by atoms with Crippen LogP contribution >= 0.6 is 0 Å². The van der Waals surface area contributed by atoms with Crippen molar-refractivity contribution in [3.05, 3.63) is 30.0 Å². The Balaban J connectivity index is 1.30. The van der Waals surface area contributed by atoms with Gasteiger partial charge in [-0.3, -0.25) is 5.32 Å². The molecule has 2 aliphatic rings. The van der Waals surface area contributed by atoms with Gasteiger partial charge >= 0.3 is 6.03 Å². The Bertz CT molecular complexity index is 713. The van der Waals surface area contributed by atoms with Gasteiger partial charge in [0.2, 0.25) is 11.8 Å². The molecule has 0 spiro atoms. The molecular formula is C14H15F2N5O2. The summed E-state index contributed by atoms with van der Waals surface area (Å²) in [5.74, 6) is -1.83. The van der Waals surface area contributed by atoms with Gasteiger partial charge in [0.25, 0.3) is 0 Å². The van der Waals surface area contributed by atoms with Gasteiger partial charge in [-0.15, -0.1) is 0 Å². The molecule has 2 amide bonds. The maximum absolute atomic E-state index is 12.9. The molecule has 2 aromatic rings. The Labute approximate surface area is 130 Å². The third-order valence-electron chi connectivity index (χ3n) is 4.26. The lowest BCUT2D eigenvalue weighted by Crippen LogP contribution is -2.38. The topological polar surface area (TPSA) is 85.0 Å². The number of nitrogens with zero attached hydrogens (tertiary/aromatic N) is 3. The smallest absolute Gasteiger partial charge is 0.321 e. The molecule has 1 atom stereocenters. The highest BCUT2D eigenvalue weighted by Crippen LogP contribution is 2.48. The number of carbonyl (C=O) groups excluding carboxylic acids is 1. The minimum absolute atomic E-state index is 0.0357. The van der Waals surface area contributed by atoms with E-state index in [2.05, 4.69) is 20.8 Å². The van der Waals surface area contributed by atoms with Crippen molar-refractivity contribution >= 4 is 11.9 Å². The van der Waals surface area contributed by atoms with Crippen LogP contribution in [-0.4, -0.2) is 32.7 Å². The van der Waals surface area contributed by atoms with Crippen LogP contribution < -0.4 is 10.6 Å². The summed E-state index contributed by atoms with van der Waals surface area (Å²) in [6.45, 7) is 0.668. The molecule has 2 N–H and O–H groups in total. The van der Waals surface area contributed by atoms with Crippen molar-refractivity contribution in [2.24, 2.45) is 0 Å². The standard InChI is InChI=1S/C14H15F2N5O2/c15-14(16)5-8(6-14)10-4-12(23-20-10)19-13(22)18-9-3-11-17-1-2-21(11)7-9/h1-2,4,8-9H,3,5-7H2,(H2,18,19,22). The van der Waals surface area contributed by atoms with E-state index in [9.17, 15) is 13.6 Å². The number of hydrogen-bond donors (Lipinski definition) is 2. The van der Waals surface area contributed by atoms with E-state index >= 15 is 0 Å². The van der Waals surface area contributed by atoms with Crippen molar-refractivity contribution in [2.75, 3.05) is 5.32 Å². The lowest BCUT2D eigenvalue weighted by atomic mass is 9.79. The number of nitrogens with one attached hydrogen (secondary N) is 2. The van der Waals surface area contributed by atoms with E-state index in [0.717, 1.165) is 5.82 Å². The van der Waals surface area contributed by atoms with E-state index in [1.807, 2.05) is 10.8 Å². The maximum Gasteiger partial charge on any atom is 0.321 e. The van der Waals surface area contributed by atoms with Gasteiger partial charge in [-0.25, -0.2) is 18.6 Å². The third-order valence-corrected chi connectivity index (χ3v) is 4.26. The first-order valence-corrected chi connectivity index (χ1v) is 7.40. The molecule has 1 saturated carbocycles. The zero-order valence-electron chi connectivity index (χ0n) is 12.1. The number of hydrogen-bond acceptors (Lipinski definition) is 4. The number of imidazole rings is 1. The van der Waals surface area contributed by atoms with Crippen molar-refractivity contribution in [1.29, 1.82) is 0 Å². The number of carbonyl (C=O) groups is 1. The summed E-state index contributed by atoms with van der Waals surface area (Å²) in [4.78, 5) is 16.1. The molecule has 0 bridgehead atoms. The van der Waals surface area contributed by atoms with Gasteiger partial charge in [-0.2, -0.15) is 0 Å². The summed E-state index contributed by atoms with van der Waals surface area (Å²) >= 11 is 0. The number of amides is 2. The fraction of sp³-hybridized carbons (Fsp3) is 0.500. The summed E-state index contributed by atoms with van der Waals surface area (Å²) in [5.41, 5.74) is 0.451. The predicted octanol–water partition coefficient (Wildman–Crippen LogP) is 2.13. The minimum atomic E-state index is -2.61. The molecule has 0 radical (unpaired) electrons. The van der Waals surface area contributed by atoms with Gasteiger partial charge in [0, 0.05) is 50.2 Å². The van der Waals surface area contributed by atoms with Crippen LogP contribution in [0.1, 0.15) is 30.3 Å². The molecule has 23 heavy (non-hydrogen) atoms. The van der Waals surface area contributed by atoms with Crippen LogP contribution in [0.3, 0.4) is 0 Å². The number of urea groups is 1. The predicted molar refractivity (Wildman–Crippen MR) is 75.3 cm³/mol. The fourth-order valence-electron chi connectivity index (χ4n) is 3.06. The molecule has 2 aromatic heterocycles. The van der Waals surface area contributed by atoms with Crippen molar-refractivity contribution in [3.8, 4) is 0 Å². The summed E-state index contributed by atoms with van der Waals surface area (Å²) in [5, 5.41) is 9.10. The van der Waals surface area contributed by atoms with Crippen LogP contribution in [0, 0.1) is 0 Å². The van der Waals surface area contributed by atoms with E-state index in [4.69, 9.17) is 4.52 Å². The van der Waals surface area contributed by atoms with Crippen LogP contribution in [0.15, 0.2) is 23.0 Å². The highest BCUT2D eigenvalue weighted by Gasteiger charge is 2.47. The molecule has 0 aromatic carbocycles. The van der Waals surface area contributed by atoms with Crippen molar-refractivity contribution < 1.29 is 18.1 Å². The molecule has 7 nitrogen and oxygen atoms in total. The van der Waals surface area contributed by atoms with E-state index in [0.29, 0.717) is 18.7 Å². The number of fused-ring (bicyclic) bond motifs is 1. The number of anilines is 1. The van der Waals surface area contributed by atoms with Crippen molar-refractivity contribution in [3.63, 3.8) is 0 Å². The quantitative estimate of drug-likeness (QED) is 0.906. The molecule has 1 fully saturated rings. The average Bonchev–Trinajstić information content (AvgIpc) is 3.11. The number of rotatable bonds is 3. The van der Waals surface area contributed by atoms with E-state index in [1.54, 1.807) is 6.20 Å². The lowest BCUT2D eigenvalue weighted by molar-refractivity contribution is -0.0880. The molecule has 0 saturated heterocycles. The largest absolute Gasteiger partial charge is 0.338 e. The maximum atomic E-state index is 12.9. The monoisotopic (exact) mass is 323 g/mol. The van der Waals surface area contributed by atoms with Crippen LogP contribution in [0.25, 0.3) is 0 Å². The Morgan fingerprint density at radius 2 is 2.26 bits per heavy atom. The SMILES string of the molecule is O=C(Nc1cc(C2CC(F)(F)C2)no1)NC1Cc2nccn2C1. The molecule has 1 aliphatic heterocycles. The van der Waals surface area contributed by atoms with E-state index in [-0.39, 0.29) is 30.7 Å². The summed E-state index contributed by atoms with van der Waals surface area (Å²) in [6, 6.07) is 1.05. The van der Waals surface area contributed by atoms with Gasteiger partial charge in [-0.1, -0.05) is 5.16 Å². The number of halogens is 2. The van der Waals surface area contributed by atoms with Gasteiger partial charge in [0.05, 0.1) is 11.7 Å². The van der Waals surface area contributed by atoms with Gasteiger partial charge in [0.15, 0.2) is 0 Å². The van der Waals surface area contributed by atoms with Gasteiger partial charge in [0.1, 0.15) is 5.82 Å². The average molecular weight is 323 g/mol. The zero-order valence-corrected chi connectivity index (χ0v) is 12.1.